The molecule has 12 heteroatoms. The summed E-state index contributed by atoms with van der Waals surface area (Å²) in [4.78, 5) is 22.5. The number of nitro benzene ring substituents is 1. The van der Waals surface area contributed by atoms with Crippen molar-refractivity contribution in [1.29, 1.82) is 0 Å². The molecule has 1 fully saturated rings. The predicted molar refractivity (Wildman–Crippen MR) is 106 cm³/mol. The number of halogens is 3. The molecule has 1 aliphatic rings. The maximum atomic E-state index is 13.6. The van der Waals surface area contributed by atoms with Gasteiger partial charge in [-0.2, -0.15) is 13.2 Å². The van der Waals surface area contributed by atoms with Crippen molar-refractivity contribution in [3.05, 3.63) is 63.2 Å². The Morgan fingerprint density at radius 1 is 1.18 bits per heavy atom. The second-order valence-electron chi connectivity index (χ2n) is 7.03. The van der Waals surface area contributed by atoms with E-state index in [1.165, 1.54) is 7.11 Å². The number of carbonyl (C=O) groups is 1. The molecule has 1 heterocycles. The summed E-state index contributed by atoms with van der Waals surface area (Å²) in [5, 5.41) is 11.6. The number of hydrogen-bond acceptors (Lipinski definition) is 8. The highest BCUT2D eigenvalue weighted by Gasteiger charge is 2.41. The average molecular weight is 471 g/mol. The first-order valence-corrected chi connectivity index (χ1v) is 9.62. The molecular formula is C21H20F3NO8. The fraction of sp³-hybridized carbons (Fsp3) is 0.381. The Morgan fingerprint density at radius 2 is 1.82 bits per heavy atom. The summed E-state index contributed by atoms with van der Waals surface area (Å²) in [6.45, 7) is 1.61. The van der Waals surface area contributed by atoms with Crippen molar-refractivity contribution in [2.24, 2.45) is 0 Å². The number of hydrogen-bond donors (Lipinski definition) is 0. The van der Waals surface area contributed by atoms with Crippen molar-refractivity contribution in [2.45, 2.75) is 38.2 Å². The van der Waals surface area contributed by atoms with Crippen molar-refractivity contribution in [2.75, 3.05) is 14.2 Å². The molecule has 0 saturated carbocycles. The van der Waals surface area contributed by atoms with E-state index in [9.17, 15) is 28.1 Å². The number of carbonyl (C=O) groups excluding carboxylic acids is 1. The molecule has 3 rings (SSSR count). The van der Waals surface area contributed by atoms with Gasteiger partial charge >= 0.3 is 17.8 Å². The largest absolute Gasteiger partial charge is 0.497 e. The summed E-state index contributed by atoms with van der Waals surface area (Å²) < 4.78 is 66.8. The van der Waals surface area contributed by atoms with Gasteiger partial charge in [0.25, 0.3) is 0 Å². The summed E-state index contributed by atoms with van der Waals surface area (Å²) in [5.41, 5.74) is -2.57. The van der Waals surface area contributed by atoms with Gasteiger partial charge < -0.3 is 23.7 Å². The third-order valence-electron chi connectivity index (χ3n) is 4.84. The van der Waals surface area contributed by atoms with Gasteiger partial charge in [-0.05, 0) is 24.6 Å². The van der Waals surface area contributed by atoms with Crippen LogP contribution in [0.4, 0.5) is 18.9 Å². The molecule has 9 nitrogen and oxygen atoms in total. The molecule has 0 bridgehead atoms. The highest BCUT2D eigenvalue weighted by Crippen LogP contribution is 2.40. The monoisotopic (exact) mass is 471 g/mol. The number of nitrogens with zero attached hydrogens (tertiary/aromatic N) is 1. The maximum absolute atomic E-state index is 13.6. The highest BCUT2D eigenvalue weighted by atomic mass is 19.4. The first kappa shape index (κ1) is 24.3. The van der Waals surface area contributed by atoms with Crippen molar-refractivity contribution in [3.8, 4) is 11.5 Å². The van der Waals surface area contributed by atoms with E-state index in [4.69, 9.17) is 18.9 Å². The van der Waals surface area contributed by atoms with Crippen LogP contribution in [0.2, 0.25) is 0 Å². The van der Waals surface area contributed by atoms with Crippen molar-refractivity contribution < 1.29 is 46.6 Å². The van der Waals surface area contributed by atoms with Crippen LogP contribution in [0.3, 0.4) is 0 Å². The van der Waals surface area contributed by atoms with Crippen LogP contribution in [0.25, 0.3) is 0 Å². The molecule has 0 N–H and O–H groups in total. The highest BCUT2D eigenvalue weighted by molar-refractivity contribution is 5.92. The lowest BCUT2D eigenvalue weighted by atomic mass is 10.0. The molecule has 33 heavy (non-hydrogen) atoms. The second-order valence-corrected chi connectivity index (χ2v) is 7.03. The Labute approximate surface area is 186 Å². The van der Waals surface area contributed by atoms with Crippen LogP contribution in [0.15, 0.2) is 36.4 Å². The Balaban J connectivity index is 2.01. The molecule has 178 valence electrons. The van der Waals surface area contributed by atoms with E-state index in [-0.39, 0.29) is 6.42 Å². The molecule has 0 aliphatic carbocycles. The summed E-state index contributed by atoms with van der Waals surface area (Å²) in [5.74, 6) is -1.47. The van der Waals surface area contributed by atoms with Crippen LogP contribution in [0.1, 0.15) is 28.4 Å². The van der Waals surface area contributed by atoms with E-state index in [2.05, 4.69) is 4.74 Å². The lowest BCUT2D eigenvalue weighted by molar-refractivity contribution is -0.399. The number of methoxy groups -OCH3 is 2. The Morgan fingerprint density at radius 3 is 2.30 bits per heavy atom. The summed E-state index contributed by atoms with van der Waals surface area (Å²) in [6, 6.07) is 7.65. The minimum absolute atomic E-state index is 0.0959. The number of ether oxygens (including phenoxy) is 5. The maximum Gasteiger partial charge on any atom is 0.417 e. The van der Waals surface area contributed by atoms with Gasteiger partial charge in [0.15, 0.2) is 18.1 Å². The molecule has 2 aromatic carbocycles. The van der Waals surface area contributed by atoms with E-state index in [1.807, 2.05) is 0 Å². The number of benzene rings is 2. The zero-order chi connectivity index (χ0) is 24.3. The van der Waals surface area contributed by atoms with Gasteiger partial charge in [0.1, 0.15) is 5.75 Å². The van der Waals surface area contributed by atoms with E-state index < -0.39 is 58.3 Å². The molecule has 2 aromatic rings. The number of alkyl halides is 3. The third kappa shape index (κ3) is 5.52. The van der Waals surface area contributed by atoms with Crippen molar-refractivity contribution in [3.63, 3.8) is 0 Å². The minimum atomic E-state index is -5.00. The van der Waals surface area contributed by atoms with Gasteiger partial charge in [-0.3, -0.25) is 10.1 Å². The predicted octanol–water partition coefficient (Wildman–Crippen LogP) is 4.12. The molecular weight excluding hydrogens is 451 g/mol. The van der Waals surface area contributed by atoms with E-state index in [0.29, 0.717) is 23.4 Å². The minimum Gasteiger partial charge on any atom is -0.497 e. The summed E-state index contributed by atoms with van der Waals surface area (Å²) in [7, 11) is 2.36. The standard InChI is InChI=1S/C21H20F3NO8/c1-11-31-20(32-11)18(8-12-4-6-13(29-2)7-5-12)33-17-10-15(21(22,23)24)14(19(26)30-3)9-16(17)25(27)28/h4-7,9-11,18,20H,8H2,1-3H3/t11?,18-,20?/m0/s1. The summed E-state index contributed by atoms with van der Waals surface area (Å²) >= 11 is 0. The van der Waals surface area contributed by atoms with Crippen LogP contribution >= 0.6 is 0 Å². The van der Waals surface area contributed by atoms with E-state index >= 15 is 0 Å². The quantitative estimate of drug-likeness (QED) is 0.322. The fourth-order valence-corrected chi connectivity index (χ4v) is 3.23. The normalized spacial score (nSPS) is 18.7. The van der Waals surface area contributed by atoms with Gasteiger partial charge in [-0.15, -0.1) is 0 Å². The van der Waals surface area contributed by atoms with E-state index in [0.717, 1.165) is 7.11 Å². The van der Waals surface area contributed by atoms with Crippen LogP contribution < -0.4 is 9.47 Å². The zero-order valence-electron chi connectivity index (χ0n) is 17.8. The molecule has 1 aliphatic heterocycles. The van der Waals surface area contributed by atoms with Crippen LogP contribution in [-0.4, -0.2) is 43.8 Å². The summed E-state index contributed by atoms with van der Waals surface area (Å²) in [6.07, 6.45) is -7.48. The number of nitro groups is 1. The van der Waals surface area contributed by atoms with Crippen molar-refractivity contribution in [1.82, 2.24) is 0 Å². The molecule has 0 spiro atoms. The SMILES string of the molecule is COC(=O)c1cc([N+](=O)[O-])c(O[C@@H](Cc2ccc(OC)cc2)C2OC(C)O2)cc1C(F)(F)F. The van der Waals surface area contributed by atoms with Crippen molar-refractivity contribution >= 4 is 11.7 Å². The third-order valence-corrected chi connectivity index (χ3v) is 4.84. The molecule has 1 atom stereocenters. The number of esters is 1. The second kappa shape index (κ2) is 9.63. The first-order chi connectivity index (χ1) is 15.5. The zero-order valence-corrected chi connectivity index (χ0v) is 17.8. The van der Waals surface area contributed by atoms with E-state index in [1.54, 1.807) is 31.2 Å². The molecule has 0 unspecified atom stereocenters. The van der Waals surface area contributed by atoms with Crippen LogP contribution in [0.5, 0.6) is 11.5 Å². The average Bonchev–Trinajstić information content (AvgIpc) is 2.75. The van der Waals surface area contributed by atoms with Gasteiger partial charge in [-0.1, -0.05) is 12.1 Å². The molecule has 0 aromatic heterocycles. The van der Waals surface area contributed by atoms with Gasteiger partial charge in [0, 0.05) is 18.6 Å². The van der Waals surface area contributed by atoms with Crippen LogP contribution in [0, 0.1) is 10.1 Å². The smallest absolute Gasteiger partial charge is 0.417 e. The van der Waals surface area contributed by atoms with Gasteiger partial charge in [0.2, 0.25) is 6.29 Å². The lowest BCUT2D eigenvalue weighted by Crippen LogP contribution is -2.50. The topological polar surface area (TPSA) is 106 Å². The Hall–Kier alpha value is -3.38. The van der Waals surface area contributed by atoms with Gasteiger partial charge in [-0.25, -0.2) is 4.79 Å². The molecule has 1 saturated heterocycles. The molecule has 0 radical (unpaired) electrons. The first-order valence-electron chi connectivity index (χ1n) is 9.62. The fourth-order valence-electron chi connectivity index (χ4n) is 3.23. The Bertz CT molecular complexity index is 1020. The van der Waals surface area contributed by atoms with Crippen LogP contribution in [-0.2, 0) is 26.8 Å². The number of rotatable bonds is 8. The Kier molecular flexibility index (Phi) is 7.08. The van der Waals surface area contributed by atoms with Gasteiger partial charge in [0.05, 0.1) is 30.3 Å². The lowest BCUT2D eigenvalue weighted by Gasteiger charge is -2.38. The molecule has 0 amide bonds.